The molecule has 0 aliphatic carbocycles. The summed E-state index contributed by atoms with van der Waals surface area (Å²) in [4.78, 5) is 21.2. The van der Waals surface area contributed by atoms with Crippen molar-refractivity contribution in [2.24, 2.45) is 0 Å². The summed E-state index contributed by atoms with van der Waals surface area (Å²) in [5, 5.41) is 0. The van der Waals surface area contributed by atoms with Crippen LogP contribution in [0.4, 0.5) is 0 Å². The molecule has 0 spiro atoms. The highest BCUT2D eigenvalue weighted by atomic mass is 27.1. The van der Waals surface area contributed by atoms with E-state index in [1.807, 2.05) is 6.92 Å². The zero-order chi connectivity index (χ0) is 7.98. The summed E-state index contributed by atoms with van der Waals surface area (Å²) in [6.45, 7) is 1.91. The summed E-state index contributed by atoms with van der Waals surface area (Å²) in [5.74, 6) is -0.409. The lowest BCUT2D eigenvalue weighted by Crippen LogP contribution is -2.08. The Morgan fingerprint density at radius 2 is 2.10 bits per heavy atom. The molecule has 0 atom stereocenters. The number of rotatable bonds is 4. The zero-order valence-corrected chi connectivity index (χ0v) is 8.35. The monoisotopic (exact) mass is 158 g/mol. The topological polar surface area (TPSA) is 43.4 Å². The minimum Gasteiger partial charge on any atom is -0.621 e. The first kappa shape index (κ1) is 9.67. The molecule has 0 aromatic heterocycles. The number of ketones is 1. The Morgan fingerprint density at radius 1 is 1.50 bits per heavy atom. The van der Waals surface area contributed by atoms with E-state index in [9.17, 15) is 9.59 Å². The fourth-order valence-corrected chi connectivity index (χ4v) is 0.745. The van der Waals surface area contributed by atoms with Crippen molar-refractivity contribution >= 4 is 28.4 Å². The maximum atomic E-state index is 10.7. The molecule has 0 saturated carbocycles. The molecule has 56 valence electrons. The Labute approximate surface area is 68.5 Å². The zero-order valence-electron chi connectivity index (χ0n) is 6.35. The molecule has 0 aliphatic rings. The van der Waals surface area contributed by atoms with Crippen LogP contribution in [0.5, 0.6) is 0 Å². The van der Waals surface area contributed by atoms with Gasteiger partial charge in [-0.25, -0.2) is 0 Å². The van der Waals surface area contributed by atoms with Crippen LogP contribution in [-0.2, 0) is 13.4 Å². The van der Waals surface area contributed by atoms with Crippen LogP contribution in [0, 0.1) is 0 Å². The first-order valence-electron chi connectivity index (χ1n) is 3.29. The third-order valence-corrected chi connectivity index (χ3v) is 1.55. The highest BCUT2D eigenvalue weighted by Crippen LogP contribution is 1.94. The Kier molecular flexibility index (Phi) is 5.28. The molecule has 0 amide bonds. The SMILES string of the molecule is CCCC(=O)CC(=O)[O][AlH2]. The number of carbonyl (C=O) groups excluding carboxylic acids is 2. The number of carbonyl (C=O) groups is 2. The number of hydrogen-bond donors (Lipinski definition) is 0. The molecule has 0 saturated heterocycles. The van der Waals surface area contributed by atoms with Crippen molar-refractivity contribution in [2.75, 3.05) is 0 Å². The Morgan fingerprint density at radius 3 is 2.50 bits per heavy atom. The molecule has 4 heteroatoms. The second-order valence-corrected chi connectivity index (χ2v) is 2.45. The Hall–Kier alpha value is -0.328. The Balaban J connectivity index is 3.47. The van der Waals surface area contributed by atoms with Gasteiger partial charge >= 0.3 is 16.6 Å². The lowest BCUT2D eigenvalue weighted by Gasteiger charge is -1.97. The van der Waals surface area contributed by atoms with Gasteiger partial charge in [0, 0.05) is 6.42 Å². The van der Waals surface area contributed by atoms with E-state index in [1.54, 1.807) is 0 Å². The van der Waals surface area contributed by atoms with E-state index in [0.29, 0.717) is 23.0 Å². The van der Waals surface area contributed by atoms with Crippen molar-refractivity contribution in [3.05, 3.63) is 0 Å². The van der Waals surface area contributed by atoms with Crippen molar-refractivity contribution in [1.29, 1.82) is 0 Å². The maximum absolute atomic E-state index is 10.7. The molecule has 10 heavy (non-hydrogen) atoms. The van der Waals surface area contributed by atoms with Crippen LogP contribution in [0.1, 0.15) is 26.2 Å². The molecule has 0 aromatic rings. The van der Waals surface area contributed by atoms with Crippen LogP contribution in [0.3, 0.4) is 0 Å². The van der Waals surface area contributed by atoms with E-state index < -0.39 is 0 Å². The highest BCUT2D eigenvalue weighted by molar-refractivity contribution is 6.08. The van der Waals surface area contributed by atoms with Gasteiger partial charge in [0.15, 0.2) is 0 Å². The fraction of sp³-hybridized carbons (Fsp3) is 0.667. The van der Waals surface area contributed by atoms with Gasteiger partial charge in [0.05, 0.1) is 0 Å². The average molecular weight is 158 g/mol. The first-order chi connectivity index (χ1) is 4.70. The molecule has 0 unspecified atom stereocenters. The van der Waals surface area contributed by atoms with Crippen LogP contribution in [-0.4, -0.2) is 28.4 Å². The quantitative estimate of drug-likeness (QED) is 0.421. The van der Waals surface area contributed by atoms with E-state index in [1.165, 1.54) is 0 Å². The summed E-state index contributed by atoms with van der Waals surface area (Å²) >= 11 is 0.381. The van der Waals surface area contributed by atoms with Crippen LogP contribution in [0.2, 0.25) is 0 Å². The second kappa shape index (κ2) is 5.46. The summed E-state index contributed by atoms with van der Waals surface area (Å²) in [6.07, 6.45) is 1.24. The maximum Gasteiger partial charge on any atom is 0.499 e. The molecule has 0 aromatic carbocycles. The molecule has 0 aliphatic heterocycles. The van der Waals surface area contributed by atoms with E-state index in [-0.39, 0.29) is 18.2 Å². The van der Waals surface area contributed by atoms with Gasteiger partial charge in [0.25, 0.3) is 5.97 Å². The van der Waals surface area contributed by atoms with Gasteiger partial charge in [0.1, 0.15) is 12.2 Å². The molecule has 0 heterocycles. The Bertz CT molecular complexity index is 133. The lowest BCUT2D eigenvalue weighted by molar-refractivity contribution is -0.137. The van der Waals surface area contributed by atoms with Crippen molar-refractivity contribution in [2.45, 2.75) is 26.2 Å². The predicted octanol–water partition coefficient (Wildman–Crippen LogP) is -0.163. The van der Waals surface area contributed by atoms with Crippen LogP contribution < -0.4 is 0 Å². The van der Waals surface area contributed by atoms with Crippen molar-refractivity contribution in [3.8, 4) is 0 Å². The van der Waals surface area contributed by atoms with Gasteiger partial charge < -0.3 is 3.79 Å². The fourth-order valence-electron chi connectivity index (χ4n) is 0.600. The van der Waals surface area contributed by atoms with Crippen LogP contribution in [0.15, 0.2) is 0 Å². The van der Waals surface area contributed by atoms with Gasteiger partial charge in [0.2, 0.25) is 0 Å². The van der Waals surface area contributed by atoms with Crippen LogP contribution >= 0.6 is 0 Å². The second-order valence-electron chi connectivity index (χ2n) is 2.04. The summed E-state index contributed by atoms with van der Waals surface area (Å²) in [7, 11) is 0. The van der Waals surface area contributed by atoms with E-state index in [0.717, 1.165) is 6.42 Å². The molecule has 0 fully saturated rings. The smallest absolute Gasteiger partial charge is 0.499 e. The molecule has 3 nitrogen and oxygen atoms in total. The molecule has 0 radical (unpaired) electrons. The third-order valence-electron chi connectivity index (χ3n) is 1.10. The molecular weight excluding hydrogens is 147 g/mol. The third kappa shape index (κ3) is 4.54. The highest BCUT2D eigenvalue weighted by Gasteiger charge is 2.05. The van der Waals surface area contributed by atoms with E-state index in [4.69, 9.17) is 0 Å². The van der Waals surface area contributed by atoms with Gasteiger partial charge in [-0.3, -0.25) is 9.59 Å². The molecule has 0 N–H and O–H groups in total. The van der Waals surface area contributed by atoms with Gasteiger partial charge in [-0.15, -0.1) is 0 Å². The minimum atomic E-state index is -0.384. The summed E-state index contributed by atoms with van der Waals surface area (Å²) < 4.78 is 4.45. The van der Waals surface area contributed by atoms with E-state index in [2.05, 4.69) is 3.79 Å². The normalized spacial score (nSPS) is 8.90. The average Bonchev–Trinajstić information content (AvgIpc) is 1.88. The largest absolute Gasteiger partial charge is 0.621 e. The summed E-state index contributed by atoms with van der Waals surface area (Å²) in [5.41, 5.74) is 0. The predicted molar refractivity (Wildman–Crippen MR) is 39.2 cm³/mol. The lowest BCUT2D eigenvalue weighted by atomic mass is 10.2. The summed E-state index contributed by atoms with van der Waals surface area (Å²) in [6, 6.07) is 0. The van der Waals surface area contributed by atoms with Crippen molar-refractivity contribution in [3.63, 3.8) is 0 Å². The molecule has 0 bridgehead atoms. The van der Waals surface area contributed by atoms with Gasteiger partial charge in [-0.1, -0.05) is 6.92 Å². The van der Waals surface area contributed by atoms with Crippen molar-refractivity contribution in [1.82, 2.24) is 0 Å². The number of hydrogen-bond acceptors (Lipinski definition) is 3. The first-order valence-corrected chi connectivity index (χ1v) is 4.10. The van der Waals surface area contributed by atoms with Gasteiger partial charge in [-0.2, -0.15) is 0 Å². The van der Waals surface area contributed by atoms with E-state index >= 15 is 0 Å². The molecule has 0 rings (SSSR count). The van der Waals surface area contributed by atoms with Crippen LogP contribution in [0.25, 0.3) is 0 Å². The number of Topliss-reactive ketones (excluding diaryl/α,β-unsaturated/α-hetero) is 1. The standard InChI is InChI=1S/C6H10O3.Al.2H/c1-2-3-5(7)4-6(8)9;;;/h2-4H2,1H3,(H,8,9);;;/q;+1;;/p-1. The minimum absolute atomic E-state index is 0.0247. The van der Waals surface area contributed by atoms with Crippen molar-refractivity contribution < 1.29 is 13.4 Å². The van der Waals surface area contributed by atoms with Gasteiger partial charge in [-0.05, 0) is 6.42 Å². The molecular formula is C6H11AlO3.